The Balaban J connectivity index is 1.59. The molecular weight excluding hydrogens is 370 g/mol. The molecule has 1 saturated heterocycles. The van der Waals surface area contributed by atoms with E-state index in [0.29, 0.717) is 25.1 Å². The SMILES string of the molecule is Cc1ccc(CNc2ccc(N3C(=O)[C@H]4CCCC[C@H]4C3=O)cc2[N+](=O)[O-])cc1. The van der Waals surface area contributed by atoms with Crippen molar-refractivity contribution in [3.63, 3.8) is 0 Å². The van der Waals surface area contributed by atoms with Crippen LogP contribution in [0.25, 0.3) is 0 Å². The minimum Gasteiger partial charge on any atom is -0.375 e. The van der Waals surface area contributed by atoms with Crippen LogP contribution in [0.4, 0.5) is 17.1 Å². The van der Waals surface area contributed by atoms with Gasteiger partial charge in [0.1, 0.15) is 5.69 Å². The topological polar surface area (TPSA) is 92.6 Å². The van der Waals surface area contributed by atoms with E-state index >= 15 is 0 Å². The monoisotopic (exact) mass is 393 g/mol. The molecule has 0 unspecified atom stereocenters. The van der Waals surface area contributed by atoms with Crippen molar-refractivity contribution in [2.75, 3.05) is 10.2 Å². The first-order valence-corrected chi connectivity index (χ1v) is 9.91. The molecule has 2 atom stereocenters. The summed E-state index contributed by atoms with van der Waals surface area (Å²) in [5.74, 6) is -1.02. The molecule has 0 radical (unpaired) electrons. The first-order valence-electron chi connectivity index (χ1n) is 9.91. The lowest BCUT2D eigenvalue weighted by Crippen LogP contribution is -2.30. The van der Waals surface area contributed by atoms with Crippen LogP contribution in [0, 0.1) is 28.9 Å². The van der Waals surface area contributed by atoms with Gasteiger partial charge in [0.05, 0.1) is 22.4 Å². The fourth-order valence-electron chi connectivity index (χ4n) is 4.28. The van der Waals surface area contributed by atoms with E-state index in [0.717, 1.165) is 28.9 Å². The molecule has 4 rings (SSSR count). The fourth-order valence-corrected chi connectivity index (χ4v) is 4.28. The number of amides is 2. The van der Waals surface area contributed by atoms with Gasteiger partial charge in [-0.25, -0.2) is 4.90 Å². The van der Waals surface area contributed by atoms with Gasteiger partial charge in [-0.1, -0.05) is 42.7 Å². The number of fused-ring (bicyclic) bond motifs is 1. The van der Waals surface area contributed by atoms with Crippen molar-refractivity contribution in [2.45, 2.75) is 39.2 Å². The van der Waals surface area contributed by atoms with E-state index in [1.54, 1.807) is 12.1 Å². The second-order valence-corrected chi connectivity index (χ2v) is 7.81. The van der Waals surface area contributed by atoms with Gasteiger partial charge in [-0.3, -0.25) is 19.7 Å². The molecule has 29 heavy (non-hydrogen) atoms. The molecule has 2 fully saturated rings. The van der Waals surface area contributed by atoms with Gasteiger partial charge in [0.2, 0.25) is 11.8 Å². The number of nitro benzene ring substituents is 1. The van der Waals surface area contributed by atoms with Crippen LogP contribution in [0.2, 0.25) is 0 Å². The number of carbonyl (C=O) groups excluding carboxylic acids is 2. The summed E-state index contributed by atoms with van der Waals surface area (Å²) < 4.78 is 0. The highest BCUT2D eigenvalue weighted by molar-refractivity contribution is 6.22. The highest BCUT2D eigenvalue weighted by atomic mass is 16.6. The minimum absolute atomic E-state index is 0.148. The molecule has 1 aliphatic carbocycles. The summed E-state index contributed by atoms with van der Waals surface area (Å²) in [6.45, 7) is 2.43. The van der Waals surface area contributed by atoms with E-state index in [4.69, 9.17) is 0 Å². The number of rotatable bonds is 5. The van der Waals surface area contributed by atoms with Crippen molar-refractivity contribution in [3.05, 3.63) is 63.7 Å². The number of imide groups is 1. The average Bonchev–Trinajstić information content (AvgIpc) is 2.98. The van der Waals surface area contributed by atoms with E-state index in [9.17, 15) is 19.7 Å². The van der Waals surface area contributed by atoms with Crippen molar-refractivity contribution in [1.82, 2.24) is 0 Å². The van der Waals surface area contributed by atoms with E-state index in [1.165, 1.54) is 6.07 Å². The number of hydrogen-bond acceptors (Lipinski definition) is 5. The lowest BCUT2D eigenvalue weighted by Gasteiger charge is -2.19. The van der Waals surface area contributed by atoms with Crippen molar-refractivity contribution in [1.29, 1.82) is 0 Å². The summed E-state index contributed by atoms with van der Waals surface area (Å²) in [6.07, 6.45) is 3.31. The first kappa shape index (κ1) is 19.1. The lowest BCUT2D eigenvalue weighted by molar-refractivity contribution is -0.383. The zero-order valence-corrected chi connectivity index (χ0v) is 16.3. The van der Waals surface area contributed by atoms with E-state index in [2.05, 4.69) is 5.32 Å². The van der Waals surface area contributed by atoms with E-state index in [-0.39, 0.29) is 35.0 Å². The molecule has 7 nitrogen and oxygen atoms in total. The van der Waals surface area contributed by atoms with Gasteiger partial charge in [0, 0.05) is 12.6 Å². The summed E-state index contributed by atoms with van der Waals surface area (Å²) in [5, 5.41) is 14.7. The highest BCUT2D eigenvalue weighted by Crippen LogP contribution is 2.41. The van der Waals surface area contributed by atoms with E-state index < -0.39 is 4.92 Å². The molecule has 0 bridgehead atoms. The Labute approximate surface area is 168 Å². The van der Waals surface area contributed by atoms with Crippen molar-refractivity contribution in [2.24, 2.45) is 11.8 Å². The zero-order valence-electron chi connectivity index (χ0n) is 16.3. The lowest BCUT2D eigenvalue weighted by atomic mass is 9.81. The van der Waals surface area contributed by atoms with Gasteiger partial charge in [-0.05, 0) is 37.5 Å². The number of benzene rings is 2. The van der Waals surface area contributed by atoms with Crippen molar-refractivity contribution < 1.29 is 14.5 Å². The van der Waals surface area contributed by atoms with Gasteiger partial charge < -0.3 is 5.32 Å². The fraction of sp³-hybridized carbons (Fsp3) is 0.364. The largest absolute Gasteiger partial charge is 0.375 e. The molecule has 2 aromatic rings. The smallest absolute Gasteiger partial charge is 0.294 e. The third-order valence-electron chi connectivity index (χ3n) is 5.88. The average molecular weight is 393 g/mol. The Kier molecular flexibility index (Phi) is 5.05. The Morgan fingerprint density at radius 1 is 1.03 bits per heavy atom. The molecule has 2 amide bonds. The van der Waals surface area contributed by atoms with Gasteiger partial charge in [0.15, 0.2) is 0 Å². The van der Waals surface area contributed by atoms with Crippen LogP contribution in [0.1, 0.15) is 36.8 Å². The third kappa shape index (κ3) is 3.60. The zero-order chi connectivity index (χ0) is 20.5. The summed E-state index contributed by atoms with van der Waals surface area (Å²) in [5.41, 5.74) is 2.63. The summed E-state index contributed by atoms with van der Waals surface area (Å²) >= 11 is 0. The Hall–Kier alpha value is -3.22. The van der Waals surface area contributed by atoms with Crippen LogP contribution in [0.15, 0.2) is 42.5 Å². The third-order valence-corrected chi connectivity index (χ3v) is 5.88. The predicted molar refractivity (Wildman–Crippen MR) is 110 cm³/mol. The molecule has 1 heterocycles. The quantitative estimate of drug-likeness (QED) is 0.467. The molecule has 1 saturated carbocycles. The second kappa shape index (κ2) is 7.66. The van der Waals surface area contributed by atoms with Gasteiger partial charge in [0.25, 0.3) is 5.69 Å². The maximum absolute atomic E-state index is 12.8. The minimum atomic E-state index is -0.487. The van der Waals surface area contributed by atoms with Crippen LogP contribution in [-0.2, 0) is 16.1 Å². The van der Waals surface area contributed by atoms with Crippen LogP contribution >= 0.6 is 0 Å². The highest BCUT2D eigenvalue weighted by Gasteiger charge is 2.49. The van der Waals surface area contributed by atoms with Crippen molar-refractivity contribution >= 4 is 28.9 Å². The molecule has 7 heteroatoms. The number of nitro groups is 1. The summed E-state index contributed by atoms with van der Waals surface area (Å²) in [6, 6.07) is 12.4. The van der Waals surface area contributed by atoms with Gasteiger partial charge >= 0.3 is 0 Å². The standard InChI is InChI=1S/C22H23N3O4/c1-14-6-8-15(9-7-14)13-23-19-11-10-16(12-20(19)25(28)29)24-21(26)17-4-2-3-5-18(17)22(24)27/h6-12,17-18,23H,2-5,13H2,1H3/t17-,18+. The Morgan fingerprint density at radius 2 is 1.66 bits per heavy atom. The maximum atomic E-state index is 12.8. The molecule has 1 aliphatic heterocycles. The molecule has 0 aromatic heterocycles. The molecule has 0 spiro atoms. The molecule has 1 N–H and O–H groups in total. The van der Waals surface area contributed by atoms with Crippen LogP contribution in [-0.4, -0.2) is 16.7 Å². The number of nitrogens with one attached hydrogen (secondary N) is 1. The van der Waals surface area contributed by atoms with Gasteiger partial charge in [-0.2, -0.15) is 0 Å². The van der Waals surface area contributed by atoms with Gasteiger partial charge in [-0.15, -0.1) is 0 Å². The molecule has 2 aromatic carbocycles. The number of nitrogens with zero attached hydrogens (tertiary/aromatic N) is 2. The van der Waals surface area contributed by atoms with Crippen molar-refractivity contribution in [3.8, 4) is 0 Å². The number of anilines is 2. The number of hydrogen-bond donors (Lipinski definition) is 1. The summed E-state index contributed by atoms with van der Waals surface area (Å²) in [7, 11) is 0. The van der Waals surface area contributed by atoms with Crippen LogP contribution in [0.5, 0.6) is 0 Å². The maximum Gasteiger partial charge on any atom is 0.294 e. The molecule has 2 aliphatic rings. The first-order chi connectivity index (χ1) is 14.0. The van der Waals surface area contributed by atoms with Crippen LogP contribution < -0.4 is 10.2 Å². The van der Waals surface area contributed by atoms with E-state index in [1.807, 2.05) is 31.2 Å². The van der Waals surface area contributed by atoms with Crippen LogP contribution in [0.3, 0.4) is 0 Å². The second-order valence-electron chi connectivity index (χ2n) is 7.81. The normalized spacial score (nSPS) is 21.2. The number of aryl methyl sites for hydroxylation is 1. The predicted octanol–water partition coefficient (Wildman–Crippen LogP) is 4.19. The molecular formula is C22H23N3O4. The summed E-state index contributed by atoms with van der Waals surface area (Å²) in [4.78, 5) is 37.8. The molecule has 150 valence electrons. The number of carbonyl (C=O) groups is 2. The Bertz CT molecular complexity index is 947. The Morgan fingerprint density at radius 3 is 2.24 bits per heavy atom.